The molecule has 170 valence electrons. The third-order valence-electron chi connectivity index (χ3n) is 5.54. The van der Waals surface area contributed by atoms with Gasteiger partial charge in [0, 0.05) is 12.7 Å². The lowest BCUT2D eigenvalue weighted by Crippen LogP contribution is -2.30. The van der Waals surface area contributed by atoms with Crippen LogP contribution in [-0.2, 0) is 24.4 Å². The number of amides is 1. The van der Waals surface area contributed by atoms with Crippen molar-refractivity contribution in [1.29, 1.82) is 0 Å². The Bertz CT molecular complexity index is 1380. The second-order valence-corrected chi connectivity index (χ2v) is 7.93. The topological polar surface area (TPSA) is 74.0 Å². The summed E-state index contributed by atoms with van der Waals surface area (Å²) in [6.45, 7) is 0.990. The maximum Gasteiger partial charge on any atom is 0.240 e. The fourth-order valence-corrected chi connectivity index (χ4v) is 3.83. The van der Waals surface area contributed by atoms with Crippen molar-refractivity contribution in [3.8, 4) is 11.4 Å². The van der Waals surface area contributed by atoms with Crippen LogP contribution in [-0.4, -0.2) is 31.8 Å². The lowest BCUT2D eigenvalue weighted by atomic mass is 10.2. The zero-order valence-electron chi connectivity index (χ0n) is 18.7. The standard InChI is InChI=1S/C27H25N5O2/c33-27(28-16-15-21-17-29-32(18-21)22-9-3-1-4-10-22)19-31-25-14-8-7-13-24(25)30-26(31)20-34-23-11-5-2-6-12-23/h1-14,17-18H,15-16,19-20H2,(H,28,33). The Morgan fingerprint density at radius 3 is 2.47 bits per heavy atom. The molecule has 0 unspecified atom stereocenters. The molecule has 0 bridgehead atoms. The number of nitrogens with one attached hydrogen (secondary N) is 1. The fourth-order valence-electron chi connectivity index (χ4n) is 3.83. The molecule has 0 aliphatic carbocycles. The second kappa shape index (κ2) is 10.0. The number of rotatable bonds is 9. The highest BCUT2D eigenvalue weighted by Crippen LogP contribution is 2.18. The average Bonchev–Trinajstić information content (AvgIpc) is 3.49. The van der Waals surface area contributed by atoms with Crippen LogP contribution >= 0.6 is 0 Å². The Morgan fingerprint density at radius 2 is 1.65 bits per heavy atom. The van der Waals surface area contributed by atoms with Crippen molar-refractivity contribution >= 4 is 16.9 Å². The molecule has 5 rings (SSSR count). The summed E-state index contributed by atoms with van der Waals surface area (Å²) in [5, 5.41) is 7.43. The van der Waals surface area contributed by atoms with Crippen molar-refractivity contribution in [3.05, 3.63) is 109 Å². The Kier molecular flexibility index (Phi) is 6.34. The van der Waals surface area contributed by atoms with E-state index in [4.69, 9.17) is 4.74 Å². The van der Waals surface area contributed by atoms with Gasteiger partial charge in [-0.05, 0) is 48.4 Å². The number of aromatic nitrogens is 4. The summed E-state index contributed by atoms with van der Waals surface area (Å²) in [4.78, 5) is 17.5. The van der Waals surface area contributed by atoms with E-state index in [0.29, 0.717) is 18.8 Å². The van der Waals surface area contributed by atoms with Crippen LogP contribution in [0.2, 0.25) is 0 Å². The molecule has 2 heterocycles. The Labute approximate surface area is 197 Å². The number of carbonyl (C=O) groups is 1. The number of carbonyl (C=O) groups excluding carboxylic acids is 1. The third kappa shape index (κ3) is 4.99. The maximum atomic E-state index is 12.8. The molecule has 0 aliphatic rings. The molecule has 0 fully saturated rings. The summed E-state index contributed by atoms with van der Waals surface area (Å²) in [7, 11) is 0. The minimum atomic E-state index is -0.0698. The largest absolute Gasteiger partial charge is 0.486 e. The monoisotopic (exact) mass is 451 g/mol. The molecule has 0 atom stereocenters. The molecule has 0 spiro atoms. The zero-order valence-corrected chi connectivity index (χ0v) is 18.7. The lowest BCUT2D eigenvalue weighted by molar-refractivity contribution is -0.121. The molecule has 3 aromatic carbocycles. The van der Waals surface area contributed by atoms with Crippen molar-refractivity contribution in [2.45, 2.75) is 19.6 Å². The smallest absolute Gasteiger partial charge is 0.240 e. The normalized spacial score (nSPS) is 10.9. The predicted molar refractivity (Wildman–Crippen MR) is 131 cm³/mol. The molecule has 0 saturated carbocycles. The number of hydrogen-bond donors (Lipinski definition) is 1. The van der Waals surface area contributed by atoms with Crippen LogP contribution in [0.15, 0.2) is 97.3 Å². The Balaban J connectivity index is 1.21. The third-order valence-corrected chi connectivity index (χ3v) is 5.54. The summed E-state index contributed by atoms with van der Waals surface area (Å²) in [5.41, 5.74) is 3.83. The predicted octanol–water partition coefficient (Wildman–Crippen LogP) is 4.16. The summed E-state index contributed by atoms with van der Waals surface area (Å²) < 4.78 is 9.66. The van der Waals surface area contributed by atoms with E-state index in [9.17, 15) is 4.79 Å². The molecule has 0 aliphatic heterocycles. The summed E-state index contributed by atoms with van der Waals surface area (Å²) in [6.07, 6.45) is 4.53. The zero-order chi connectivity index (χ0) is 23.2. The molecule has 1 amide bonds. The number of hydrogen-bond acceptors (Lipinski definition) is 4. The van der Waals surface area contributed by atoms with E-state index in [0.717, 1.165) is 28.0 Å². The van der Waals surface area contributed by atoms with Gasteiger partial charge in [-0.2, -0.15) is 5.10 Å². The molecule has 7 nitrogen and oxygen atoms in total. The highest BCUT2D eigenvalue weighted by Gasteiger charge is 2.14. The van der Waals surface area contributed by atoms with E-state index in [-0.39, 0.29) is 19.1 Å². The van der Waals surface area contributed by atoms with Crippen LogP contribution in [0, 0.1) is 0 Å². The van der Waals surface area contributed by atoms with Crippen molar-refractivity contribution in [2.24, 2.45) is 0 Å². The molecular weight excluding hydrogens is 426 g/mol. The van der Waals surface area contributed by atoms with Gasteiger partial charge >= 0.3 is 0 Å². The van der Waals surface area contributed by atoms with Crippen molar-refractivity contribution in [2.75, 3.05) is 6.54 Å². The highest BCUT2D eigenvalue weighted by atomic mass is 16.5. The molecule has 2 aromatic heterocycles. The van der Waals surface area contributed by atoms with Crippen LogP contribution in [0.1, 0.15) is 11.4 Å². The van der Waals surface area contributed by atoms with E-state index in [1.54, 1.807) is 0 Å². The molecule has 1 N–H and O–H groups in total. The Morgan fingerprint density at radius 1 is 0.912 bits per heavy atom. The van der Waals surface area contributed by atoms with Crippen molar-refractivity contribution in [3.63, 3.8) is 0 Å². The van der Waals surface area contributed by atoms with Crippen molar-refractivity contribution < 1.29 is 9.53 Å². The van der Waals surface area contributed by atoms with E-state index < -0.39 is 0 Å². The van der Waals surface area contributed by atoms with Gasteiger partial charge in [0.1, 0.15) is 24.7 Å². The number of imidazole rings is 1. The first-order chi connectivity index (χ1) is 16.8. The van der Waals surface area contributed by atoms with Crippen molar-refractivity contribution in [1.82, 2.24) is 24.6 Å². The van der Waals surface area contributed by atoms with Crippen LogP contribution in [0.25, 0.3) is 16.7 Å². The van der Waals surface area contributed by atoms with Gasteiger partial charge in [-0.25, -0.2) is 9.67 Å². The lowest BCUT2D eigenvalue weighted by Gasteiger charge is -2.11. The van der Waals surface area contributed by atoms with Crippen LogP contribution in [0.4, 0.5) is 0 Å². The van der Waals surface area contributed by atoms with Crippen LogP contribution < -0.4 is 10.1 Å². The van der Waals surface area contributed by atoms with Gasteiger partial charge < -0.3 is 14.6 Å². The van der Waals surface area contributed by atoms with E-state index in [1.165, 1.54) is 0 Å². The molecule has 7 heteroatoms. The van der Waals surface area contributed by atoms with E-state index in [2.05, 4.69) is 15.4 Å². The van der Waals surface area contributed by atoms with Gasteiger partial charge in [0.2, 0.25) is 5.91 Å². The minimum absolute atomic E-state index is 0.0698. The number of fused-ring (bicyclic) bond motifs is 1. The van der Waals surface area contributed by atoms with Gasteiger partial charge in [0.05, 0.1) is 22.9 Å². The maximum absolute atomic E-state index is 12.8. The number of ether oxygens (including phenoxy) is 1. The summed E-state index contributed by atoms with van der Waals surface area (Å²) in [5.74, 6) is 1.41. The number of para-hydroxylation sites is 4. The quantitative estimate of drug-likeness (QED) is 0.365. The van der Waals surface area contributed by atoms with E-state index >= 15 is 0 Å². The number of benzene rings is 3. The van der Waals surface area contributed by atoms with Crippen LogP contribution in [0.5, 0.6) is 5.75 Å². The van der Waals surface area contributed by atoms with Gasteiger partial charge in [-0.15, -0.1) is 0 Å². The summed E-state index contributed by atoms with van der Waals surface area (Å²) >= 11 is 0. The average molecular weight is 452 g/mol. The minimum Gasteiger partial charge on any atom is -0.486 e. The first-order valence-corrected chi connectivity index (χ1v) is 11.2. The van der Waals surface area contributed by atoms with E-state index in [1.807, 2.05) is 107 Å². The van der Waals surface area contributed by atoms with Gasteiger partial charge in [-0.1, -0.05) is 48.5 Å². The fraction of sp³-hybridized carbons (Fsp3) is 0.148. The van der Waals surface area contributed by atoms with Gasteiger partial charge in [0.25, 0.3) is 0 Å². The number of nitrogens with zero attached hydrogens (tertiary/aromatic N) is 4. The van der Waals surface area contributed by atoms with Gasteiger partial charge in [-0.3, -0.25) is 4.79 Å². The first kappa shape index (κ1) is 21.5. The molecule has 34 heavy (non-hydrogen) atoms. The molecular formula is C27H25N5O2. The molecule has 0 saturated heterocycles. The molecule has 5 aromatic rings. The second-order valence-electron chi connectivity index (χ2n) is 7.93. The Hall–Kier alpha value is -4.39. The highest BCUT2D eigenvalue weighted by molar-refractivity contribution is 5.81. The van der Waals surface area contributed by atoms with Gasteiger partial charge in [0.15, 0.2) is 0 Å². The first-order valence-electron chi connectivity index (χ1n) is 11.2. The van der Waals surface area contributed by atoms with Crippen LogP contribution in [0.3, 0.4) is 0 Å². The SMILES string of the molecule is O=C(Cn1c(COc2ccccc2)nc2ccccc21)NCCc1cnn(-c2ccccc2)c1. The molecule has 0 radical (unpaired) electrons. The summed E-state index contributed by atoms with van der Waals surface area (Å²) in [6, 6.07) is 27.4.